The summed E-state index contributed by atoms with van der Waals surface area (Å²) in [5.74, 6) is 0. The summed E-state index contributed by atoms with van der Waals surface area (Å²) in [4.78, 5) is 29.1. The van der Waals surface area contributed by atoms with Gasteiger partial charge in [-0.25, -0.2) is 0 Å². The number of pyridine rings is 6. The molecule has 0 spiro atoms. The van der Waals surface area contributed by atoms with Crippen molar-refractivity contribution in [1.82, 2.24) is 29.9 Å². The zero-order valence-corrected chi connectivity index (χ0v) is 66.5. The average molecular weight is 1690 g/mol. The van der Waals surface area contributed by atoms with Crippen molar-refractivity contribution in [3.8, 4) is 190 Å². The van der Waals surface area contributed by atoms with E-state index in [0.717, 1.165) is 208 Å². The van der Waals surface area contributed by atoms with Gasteiger partial charge in [0.25, 0.3) is 0 Å². The maximum absolute atomic E-state index is 5.21. The van der Waals surface area contributed by atoms with Gasteiger partial charge in [-0.15, -0.1) is 0 Å². The van der Waals surface area contributed by atoms with Crippen LogP contribution in [0.1, 0.15) is 0 Å². The summed E-state index contributed by atoms with van der Waals surface area (Å²) in [6.45, 7) is 0. The molecule has 6 nitrogen and oxygen atoms in total. The molecule has 12 aromatic carbocycles. The van der Waals surface area contributed by atoms with Crippen molar-refractivity contribution in [1.29, 1.82) is 0 Å². The van der Waals surface area contributed by atoms with Crippen LogP contribution in [0, 0.1) is 0 Å². The van der Waals surface area contributed by atoms with Crippen molar-refractivity contribution in [3.05, 3.63) is 407 Å². The van der Waals surface area contributed by atoms with Gasteiger partial charge in [-0.1, -0.05) is 294 Å². The minimum absolute atomic E-state index is 0.766. The second kappa shape index (κ2) is 31.8. The van der Waals surface area contributed by atoms with E-state index in [1.807, 2.05) is 110 Å². The van der Waals surface area contributed by atoms with Crippen molar-refractivity contribution >= 4 is 63.7 Å². The third kappa shape index (κ3) is 14.6. The Balaban J connectivity index is 0.702. The van der Waals surface area contributed by atoms with Crippen LogP contribution < -0.4 is 0 Å². The first-order chi connectivity index (χ1) is 55.2. The van der Waals surface area contributed by atoms with Gasteiger partial charge in [0, 0.05) is 88.5 Å². The Bertz CT molecular complexity index is 5840. The van der Waals surface area contributed by atoms with Crippen LogP contribution in [0.2, 0.25) is 0 Å². The van der Waals surface area contributed by atoms with Gasteiger partial charge in [0.05, 0.1) is 34.2 Å². The zero-order chi connectivity index (χ0) is 75.4. The Morgan fingerprint density at radius 3 is 0.527 bits per heavy atom. The fourth-order valence-corrected chi connectivity index (χ4v) is 17.5. The van der Waals surface area contributed by atoms with E-state index in [0.29, 0.717) is 0 Å². The second-order valence-electron chi connectivity index (χ2n) is 27.4. The monoisotopic (exact) mass is 1690 g/mol. The molecule has 0 saturated heterocycles. The lowest BCUT2D eigenvalue weighted by Crippen LogP contribution is -1.94. The average Bonchev–Trinajstić information content (AvgIpc) is 0.769. The van der Waals surface area contributed by atoms with Crippen LogP contribution in [0.4, 0.5) is 0 Å². The predicted octanol–water partition coefficient (Wildman–Crippen LogP) is 29.4. The molecule has 0 aliphatic rings. The summed E-state index contributed by atoms with van der Waals surface area (Å²) in [5, 5.41) is 0. The highest BCUT2D eigenvalue weighted by molar-refractivity contribution is 9.11. The molecule has 0 aliphatic carbocycles. The zero-order valence-electron chi connectivity index (χ0n) is 60.1. The fourth-order valence-electron chi connectivity index (χ4n) is 15.2. The predicted molar refractivity (Wildman–Crippen MR) is 476 cm³/mol. The van der Waals surface area contributed by atoms with Crippen molar-refractivity contribution in [2.75, 3.05) is 0 Å². The molecule has 0 saturated carbocycles. The highest BCUT2D eigenvalue weighted by Crippen LogP contribution is 2.48. The molecule has 0 N–H and O–H groups in total. The summed E-state index contributed by atoms with van der Waals surface area (Å²) in [6, 6.07) is 125. The minimum Gasteiger partial charge on any atom is -0.256 e. The van der Waals surface area contributed by atoms with E-state index in [9.17, 15) is 0 Å². The van der Waals surface area contributed by atoms with Gasteiger partial charge in [-0.05, 0) is 244 Å². The summed E-state index contributed by atoms with van der Waals surface area (Å²) < 4.78 is 3.92. The Labute approximate surface area is 684 Å². The summed E-state index contributed by atoms with van der Waals surface area (Å²) >= 11 is 16.1. The topological polar surface area (TPSA) is 77.3 Å². The summed E-state index contributed by atoms with van der Waals surface area (Å²) in [6.07, 6.45) is 11.3. The van der Waals surface area contributed by atoms with Crippen LogP contribution in [0.5, 0.6) is 0 Å². The number of aromatic nitrogens is 6. The third-order valence-electron chi connectivity index (χ3n) is 20.6. The molecule has 0 fully saturated rings. The highest BCUT2D eigenvalue weighted by Gasteiger charge is 2.23. The van der Waals surface area contributed by atoms with E-state index in [4.69, 9.17) is 9.97 Å². The first-order valence-corrected chi connectivity index (χ1v) is 40.0. The minimum atomic E-state index is 0.766. The Morgan fingerprint density at radius 1 is 0.134 bits per heavy atom. The van der Waals surface area contributed by atoms with Gasteiger partial charge >= 0.3 is 0 Å². The molecule has 0 unspecified atom stereocenters. The first kappa shape index (κ1) is 71.1. The lowest BCUT2D eigenvalue weighted by Gasteiger charge is -2.19. The van der Waals surface area contributed by atoms with Gasteiger partial charge in [0.1, 0.15) is 0 Å². The number of rotatable bonds is 17. The van der Waals surface area contributed by atoms with E-state index in [1.54, 1.807) is 0 Å². The van der Waals surface area contributed by atoms with Gasteiger partial charge < -0.3 is 0 Å². The Hall–Kier alpha value is -12.5. The van der Waals surface area contributed by atoms with Gasteiger partial charge in [0.2, 0.25) is 0 Å². The lowest BCUT2D eigenvalue weighted by molar-refractivity contribution is 1.25. The van der Waals surface area contributed by atoms with Crippen molar-refractivity contribution < 1.29 is 0 Å². The molecule has 0 bridgehead atoms. The van der Waals surface area contributed by atoms with E-state index < -0.39 is 0 Å². The molecular formula is C102H64Br4N6. The van der Waals surface area contributed by atoms with Gasteiger partial charge in [-0.2, -0.15) is 0 Å². The molecule has 18 aromatic rings. The first-order valence-electron chi connectivity index (χ1n) is 36.8. The van der Waals surface area contributed by atoms with Crippen molar-refractivity contribution in [3.63, 3.8) is 0 Å². The molecular weight excluding hydrogens is 1630 g/mol. The number of nitrogens with zero attached hydrogens (tertiary/aromatic N) is 6. The molecule has 0 aliphatic heterocycles. The lowest BCUT2D eigenvalue weighted by atomic mass is 9.86. The maximum Gasteiger partial charge on any atom is 0.0886 e. The van der Waals surface area contributed by atoms with Crippen LogP contribution in [0.15, 0.2) is 407 Å². The van der Waals surface area contributed by atoms with Crippen LogP contribution in [0.25, 0.3) is 190 Å². The number of hydrogen-bond donors (Lipinski definition) is 0. The van der Waals surface area contributed by atoms with E-state index in [1.165, 1.54) is 0 Å². The van der Waals surface area contributed by atoms with Gasteiger partial charge in [0.15, 0.2) is 0 Å². The normalized spacial score (nSPS) is 11.2. The van der Waals surface area contributed by atoms with E-state index in [2.05, 4.69) is 363 Å². The highest BCUT2D eigenvalue weighted by atomic mass is 79.9. The molecule has 112 heavy (non-hydrogen) atoms. The van der Waals surface area contributed by atoms with Crippen LogP contribution in [-0.4, -0.2) is 29.9 Å². The van der Waals surface area contributed by atoms with Gasteiger partial charge in [-0.3, -0.25) is 29.9 Å². The summed E-state index contributed by atoms with van der Waals surface area (Å²) in [7, 11) is 0. The third-order valence-corrected chi connectivity index (χ3v) is 23.2. The fraction of sp³-hybridized carbons (Fsp3) is 0. The van der Waals surface area contributed by atoms with E-state index in [-0.39, 0.29) is 0 Å². The smallest absolute Gasteiger partial charge is 0.0886 e. The Morgan fingerprint density at radius 2 is 0.330 bits per heavy atom. The SMILES string of the molecule is Brc1cc(-c2ccccn2)ccc1-c1ccccc1-c1cc(-c2ccccc2-c2ccc(-c3ccc(-c4ccccc4-c4cc(-c5ccccc5-c5ccc(-c6ccccn6)cc5Br)cc(-c5ccccc5-c5ccc(-c6ccccn6)cc5Br)c4)cn3)nc2)cc(-c2ccccc2-c2ccc(-c3ccccn3)cc2Br)c1. The molecule has 6 heterocycles. The maximum atomic E-state index is 5.21. The molecule has 0 atom stereocenters. The quantitative estimate of drug-likeness (QED) is 0.0904. The van der Waals surface area contributed by atoms with Crippen LogP contribution in [-0.2, 0) is 0 Å². The molecule has 0 amide bonds. The largest absolute Gasteiger partial charge is 0.256 e. The van der Waals surface area contributed by atoms with Crippen molar-refractivity contribution in [2.45, 2.75) is 0 Å². The second-order valence-corrected chi connectivity index (χ2v) is 30.8. The van der Waals surface area contributed by atoms with Crippen LogP contribution >= 0.6 is 63.7 Å². The standard InChI is InChI=1S/C102H64Br4N6/c103-93-59-65(97-33-13-17-49-107-97)37-43-89(93)85-29-9-5-25-81(85)73-53-71(54-74(57-73)82-26-6-10-30-86(82)90-44-38-66(60-94(90)104)98-34-14-18-50-108-98)79-23-3-1-21-77(79)69-41-47-101(111-63-69)102-48-42-70(64-112-102)78-22-2-4-24-80(78)72-55-75(83-27-7-11-31-87(83)91-45-39-67(61-95(91)105)99-35-15-19-51-109-99)58-76(56-72)84-28-8-12-32-88(84)92-46-40-68(62-96(92)106)100-36-16-20-52-110-100/h1-64H. The van der Waals surface area contributed by atoms with Crippen molar-refractivity contribution in [2.24, 2.45) is 0 Å². The number of halogens is 4. The van der Waals surface area contributed by atoms with E-state index >= 15 is 0 Å². The molecule has 0 radical (unpaired) electrons. The molecule has 6 aromatic heterocycles. The Kier molecular flexibility index (Phi) is 20.2. The number of hydrogen-bond acceptors (Lipinski definition) is 6. The molecule has 10 heteroatoms. The summed E-state index contributed by atoms with van der Waals surface area (Å²) in [5.41, 5.74) is 35.1. The van der Waals surface area contributed by atoms with Crippen LogP contribution in [0.3, 0.4) is 0 Å². The number of benzene rings is 12. The molecule has 530 valence electrons. The molecule has 18 rings (SSSR count).